The summed E-state index contributed by atoms with van der Waals surface area (Å²) in [7, 11) is 0. The van der Waals surface area contributed by atoms with Crippen LogP contribution in [0, 0.1) is 20.8 Å². The van der Waals surface area contributed by atoms with Crippen molar-refractivity contribution >= 4 is 21.8 Å². The first-order valence-corrected chi connectivity index (χ1v) is 5.51. The number of H-pyrrole nitrogens is 1. The zero-order chi connectivity index (χ0) is 11.3. The maximum Gasteiger partial charge on any atom is 0.0501 e. The third-order valence-corrected chi connectivity index (χ3v) is 3.04. The molecule has 0 saturated carbocycles. The van der Waals surface area contributed by atoms with Gasteiger partial charge in [0.05, 0.1) is 5.52 Å². The normalized spacial score (nSPS) is 11.4. The van der Waals surface area contributed by atoms with Crippen molar-refractivity contribution in [3.05, 3.63) is 41.2 Å². The molecule has 1 N–H and O–H groups in total. The number of hydrogen-bond donors (Lipinski definition) is 1. The first kappa shape index (κ1) is 9.40. The minimum absolute atomic E-state index is 1.06. The molecular formula is C14H14N2. The molecule has 2 nitrogen and oxygen atoms in total. The van der Waals surface area contributed by atoms with Crippen molar-refractivity contribution < 1.29 is 0 Å². The van der Waals surface area contributed by atoms with Gasteiger partial charge in [0.15, 0.2) is 0 Å². The van der Waals surface area contributed by atoms with Crippen LogP contribution in [0.15, 0.2) is 24.3 Å². The summed E-state index contributed by atoms with van der Waals surface area (Å²) in [6.45, 7) is 6.23. The molecule has 3 rings (SSSR count). The summed E-state index contributed by atoms with van der Waals surface area (Å²) in [6.07, 6.45) is 0. The highest BCUT2D eigenvalue weighted by atomic mass is 14.8. The molecule has 0 bridgehead atoms. The number of aromatic nitrogens is 2. The molecule has 0 unspecified atom stereocenters. The Morgan fingerprint density at radius 1 is 1.00 bits per heavy atom. The Bertz CT molecular complexity index is 693. The first-order chi connectivity index (χ1) is 7.65. The predicted octanol–water partition coefficient (Wildman–Crippen LogP) is 3.64. The summed E-state index contributed by atoms with van der Waals surface area (Å²) in [5, 5.41) is 2.53. The summed E-state index contributed by atoms with van der Waals surface area (Å²) in [6, 6.07) is 8.60. The number of nitrogens with zero attached hydrogens (tertiary/aromatic N) is 1. The van der Waals surface area contributed by atoms with Crippen molar-refractivity contribution in [1.82, 2.24) is 9.97 Å². The van der Waals surface area contributed by atoms with E-state index >= 15 is 0 Å². The van der Waals surface area contributed by atoms with Crippen LogP contribution < -0.4 is 0 Å². The summed E-state index contributed by atoms with van der Waals surface area (Å²) in [5.41, 5.74) is 5.83. The molecule has 2 aromatic heterocycles. The van der Waals surface area contributed by atoms with Crippen LogP contribution in [0.1, 0.15) is 17.0 Å². The fourth-order valence-electron chi connectivity index (χ4n) is 2.39. The van der Waals surface area contributed by atoms with Gasteiger partial charge in [-0.2, -0.15) is 0 Å². The molecule has 80 valence electrons. The van der Waals surface area contributed by atoms with E-state index in [2.05, 4.69) is 48.1 Å². The zero-order valence-corrected chi connectivity index (χ0v) is 9.76. The van der Waals surface area contributed by atoms with Gasteiger partial charge in [-0.3, -0.25) is 4.98 Å². The van der Waals surface area contributed by atoms with Crippen molar-refractivity contribution in [3.63, 3.8) is 0 Å². The summed E-state index contributed by atoms with van der Waals surface area (Å²) >= 11 is 0. The van der Waals surface area contributed by atoms with Gasteiger partial charge in [0.1, 0.15) is 0 Å². The van der Waals surface area contributed by atoms with Gasteiger partial charge in [-0.25, -0.2) is 0 Å². The Balaban J connectivity index is 2.57. The molecule has 0 aliphatic carbocycles. The van der Waals surface area contributed by atoms with Gasteiger partial charge in [0.25, 0.3) is 0 Å². The summed E-state index contributed by atoms with van der Waals surface area (Å²) in [5.74, 6) is 0. The SMILES string of the molecule is Cc1ccc2[nH]c3cc(C)nc(C)c3c2c1. The second kappa shape index (κ2) is 3.08. The van der Waals surface area contributed by atoms with Crippen molar-refractivity contribution in [3.8, 4) is 0 Å². The standard InChI is InChI=1S/C14H14N2/c1-8-4-5-12-11(6-8)14-10(3)15-9(2)7-13(14)16-12/h4-7,16H,1-3H3. The lowest BCUT2D eigenvalue weighted by Crippen LogP contribution is -1.86. The van der Waals surface area contributed by atoms with Gasteiger partial charge in [0.2, 0.25) is 0 Å². The zero-order valence-electron chi connectivity index (χ0n) is 9.76. The largest absolute Gasteiger partial charge is 0.354 e. The Kier molecular flexibility index (Phi) is 1.81. The van der Waals surface area contributed by atoms with Gasteiger partial charge in [-0.15, -0.1) is 0 Å². The van der Waals surface area contributed by atoms with E-state index < -0.39 is 0 Å². The predicted molar refractivity (Wildman–Crippen MR) is 67.8 cm³/mol. The molecule has 0 aliphatic rings. The Morgan fingerprint density at radius 2 is 1.81 bits per heavy atom. The Morgan fingerprint density at radius 3 is 2.62 bits per heavy atom. The van der Waals surface area contributed by atoms with Crippen molar-refractivity contribution in [2.45, 2.75) is 20.8 Å². The Hall–Kier alpha value is -1.83. The van der Waals surface area contributed by atoms with Gasteiger partial charge in [0, 0.05) is 27.7 Å². The number of rotatable bonds is 0. The summed E-state index contributed by atoms with van der Waals surface area (Å²) in [4.78, 5) is 7.98. The molecule has 0 aliphatic heterocycles. The monoisotopic (exact) mass is 210 g/mol. The van der Waals surface area contributed by atoms with Crippen LogP contribution in [0.2, 0.25) is 0 Å². The first-order valence-electron chi connectivity index (χ1n) is 5.51. The van der Waals surface area contributed by atoms with Crippen LogP contribution in [0.5, 0.6) is 0 Å². The van der Waals surface area contributed by atoms with E-state index in [4.69, 9.17) is 0 Å². The van der Waals surface area contributed by atoms with E-state index in [9.17, 15) is 0 Å². The maximum absolute atomic E-state index is 4.53. The summed E-state index contributed by atoms with van der Waals surface area (Å²) < 4.78 is 0. The van der Waals surface area contributed by atoms with E-state index in [0.717, 1.165) is 11.4 Å². The number of aryl methyl sites for hydroxylation is 3. The number of pyridine rings is 1. The highest BCUT2D eigenvalue weighted by molar-refractivity contribution is 6.08. The minimum atomic E-state index is 1.06. The van der Waals surface area contributed by atoms with Gasteiger partial charge >= 0.3 is 0 Å². The van der Waals surface area contributed by atoms with E-state index in [1.807, 2.05) is 6.92 Å². The second-order valence-corrected chi connectivity index (χ2v) is 4.45. The number of fused-ring (bicyclic) bond motifs is 3. The molecule has 0 spiro atoms. The molecule has 1 aromatic carbocycles. The lowest BCUT2D eigenvalue weighted by Gasteiger charge is -1.99. The molecule has 0 radical (unpaired) electrons. The van der Waals surface area contributed by atoms with Crippen molar-refractivity contribution in [2.24, 2.45) is 0 Å². The molecule has 0 fully saturated rings. The minimum Gasteiger partial charge on any atom is -0.354 e. The molecule has 2 heteroatoms. The third kappa shape index (κ3) is 1.23. The fourth-order valence-corrected chi connectivity index (χ4v) is 2.39. The number of nitrogens with one attached hydrogen (secondary N) is 1. The number of hydrogen-bond acceptors (Lipinski definition) is 1. The smallest absolute Gasteiger partial charge is 0.0501 e. The quantitative estimate of drug-likeness (QED) is 0.603. The molecule has 3 aromatic rings. The lowest BCUT2D eigenvalue weighted by atomic mass is 10.1. The lowest BCUT2D eigenvalue weighted by molar-refractivity contribution is 1.15. The van der Waals surface area contributed by atoms with E-state index in [1.165, 1.54) is 27.4 Å². The third-order valence-electron chi connectivity index (χ3n) is 3.04. The van der Waals surface area contributed by atoms with E-state index in [-0.39, 0.29) is 0 Å². The topological polar surface area (TPSA) is 28.7 Å². The van der Waals surface area contributed by atoms with Crippen molar-refractivity contribution in [2.75, 3.05) is 0 Å². The van der Waals surface area contributed by atoms with Crippen LogP contribution >= 0.6 is 0 Å². The molecule has 0 saturated heterocycles. The van der Waals surface area contributed by atoms with E-state index in [0.29, 0.717) is 0 Å². The van der Waals surface area contributed by atoms with Gasteiger partial charge in [-0.05, 0) is 39.0 Å². The molecule has 2 heterocycles. The molecule has 16 heavy (non-hydrogen) atoms. The molecule has 0 amide bonds. The van der Waals surface area contributed by atoms with Gasteiger partial charge < -0.3 is 4.98 Å². The van der Waals surface area contributed by atoms with Crippen LogP contribution in [0.3, 0.4) is 0 Å². The van der Waals surface area contributed by atoms with Gasteiger partial charge in [-0.1, -0.05) is 11.6 Å². The fraction of sp³-hybridized carbons (Fsp3) is 0.214. The van der Waals surface area contributed by atoms with Crippen LogP contribution in [-0.2, 0) is 0 Å². The maximum atomic E-state index is 4.53. The Labute approximate surface area is 94.3 Å². The average molecular weight is 210 g/mol. The van der Waals surface area contributed by atoms with E-state index in [1.54, 1.807) is 0 Å². The van der Waals surface area contributed by atoms with Crippen molar-refractivity contribution in [1.29, 1.82) is 0 Å². The van der Waals surface area contributed by atoms with Crippen LogP contribution in [0.4, 0.5) is 0 Å². The number of benzene rings is 1. The van der Waals surface area contributed by atoms with Crippen LogP contribution in [0.25, 0.3) is 21.8 Å². The highest BCUT2D eigenvalue weighted by Gasteiger charge is 2.08. The molecule has 0 atom stereocenters. The van der Waals surface area contributed by atoms with Crippen LogP contribution in [-0.4, -0.2) is 9.97 Å². The average Bonchev–Trinajstić information content (AvgIpc) is 2.54. The molecular weight excluding hydrogens is 196 g/mol. The second-order valence-electron chi connectivity index (χ2n) is 4.45. The highest BCUT2D eigenvalue weighted by Crippen LogP contribution is 2.28. The number of aromatic amines is 1.